The van der Waals surface area contributed by atoms with Gasteiger partial charge in [0.05, 0.1) is 0 Å². The number of halogens is 1. The van der Waals surface area contributed by atoms with Gasteiger partial charge in [0.2, 0.25) is 5.91 Å². The summed E-state index contributed by atoms with van der Waals surface area (Å²) in [5.74, 6) is -0.947. The van der Waals surface area contributed by atoms with Crippen molar-refractivity contribution in [2.45, 2.75) is 38.1 Å². The highest BCUT2D eigenvalue weighted by Gasteiger charge is 2.33. The Kier molecular flexibility index (Phi) is 5.01. The van der Waals surface area contributed by atoms with Gasteiger partial charge in [-0.1, -0.05) is 23.7 Å². The highest BCUT2D eigenvalue weighted by molar-refractivity contribution is 6.30. The summed E-state index contributed by atoms with van der Waals surface area (Å²) in [6.45, 7) is 0.566. The zero-order chi connectivity index (χ0) is 14.5. The molecule has 0 aliphatic carbocycles. The van der Waals surface area contributed by atoms with Gasteiger partial charge in [-0.2, -0.15) is 0 Å². The number of amides is 1. The highest BCUT2D eigenvalue weighted by atomic mass is 35.5. The molecule has 0 bridgehead atoms. The second-order valence-electron chi connectivity index (χ2n) is 5.06. The van der Waals surface area contributed by atoms with Crippen molar-refractivity contribution in [1.29, 1.82) is 0 Å². The van der Waals surface area contributed by atoms with E-state index in [9.17, 15) is 9.59 Å². The number of hydrogen-bond donors (Lipinski definition) is 1. The maximum absolute atomic E-state index is 12.0. The number of hydrogen-bond acceptors (Lipinski definition) is 2. The third-order valence-corrected chi connectivity index (χ3v) is 3.88. The van der Waals surface area contributed by atoms with Gasteiger partial charge in [-0.15, -0.1) is 0 Å². The van der Waals surface area contributed by atoms with Gasteiger partial charge in [-0.05, 0) is 43.4 Å². The van der Waals surface area contributed by atoms with Gasteiger partial charge in [-0.3, -0.25) is 4.79 Å². The molecule has 1 aromatic rings. The summed E-state index contributed by atoms with van der Waals surface area (Å²) < 4.78 is 0. The molecule has 0 unspecified atom stereocenters. The number of carbonyl (C=O) groups is 2. The Labute approximate surface area is 123 Å². The van der Waals surface area contributed by atoms with Crippen LogP contribution >= 0.6 is 11.6 Å². The Morgan fingerprint density at radius 1 is 1.30 bits per heavy atom. The first kappa shape index (κ1) is 14.9. The second-order valence-corrected chi connectivity index (χ2v) is 5.50. The lowest BCUT2D eigenvalue weighted by Crippen LogP contribution is -2.40. The van der Waals surface area contributed by atoms with E-state index in [4.69, 9.17) is 16.7 Å². The van der Waals surface area contributed by atoms with E-state index in [0.29, 0.717) is 24.4 Å². The van der Waals surface area contributed by atoms with E-state index in [0.717, 1.165) is 24.8 Å². The lowest BCUT2D eigenvalue weighted by Gasteiger charge is -2.21. The molecule has 108 valence electrons. The molecular weight excluding hydrogens is 278 g/mol. The molecule has 1 aliphatic heterocycles. The van der Waals surface area contributed by atoms with E-state index >= 15 is 0 Å². The fourth-order valence-corrected chi connectivity index (χ4v) is 2.69. The van der Waals surface area contributed by atoms with Gasteiger partial charge in [0.1, 0.15) is 6.04 Å². The Balaban J connectivity index is 1.80. The highest BCUT2D eigenvalue weighted by Crippen LogP contribution is 2.19. The van der Waals surface area contributed by atoms with Crippen molar-refractivity contribution in [2.75, 3.05) is 6.54 Å². The number of carboxylic acid groups (broad SMARTS) is 1. The normalized spacial score (nSPS) is 18.2. The summed E-state index contributed by atoms with van der Waals surface area (Å²) in [5.41, 5.74) is 1.14. The standard InChI is InChI=1S/C15H18ClNO3/c16-12-8-6-11(7-9-12)3-1-5-14(18)17-10-2-4-13(17)15(19)20/h6-9,13H,1-5,10H2,(H,19,20)/t13-/m0/s1. The summed E-state index contributed by atoms with van der Waals surface area (Å²) in [4.78, 5) is 24.6. The number of nitrogens with zero attached hydrogens (tertiary/aromatic N) is 1. The van der Waals surface area contributed by atoms with E-state index in [-0.39, 0.29) is 5.91 Å². The largest absolute Gasteiger partial charge is 0.480 e. The van der Waals surface area contributed by atoms with Crippen LogP contribution in [-0.2, 0) is 16.0 Å². The molecule has 1 aromatic carbocycles. The Morgan fingerprint density at radius 3 is 2.65 bits per heavy atom. The number of aliphatic carboxylic acids is 1. The first-order chi connectivity index (χ1) is 9.58. The molecule has 1 atom stereocenters. The molecule has 1 fully saturated rings. The molecule has 1 N–H and O–H groups in total. The van der Waals surface area contributed by atoms with E-state index in [1.807, 2.05) is 24.3 Å². The molecule has 4 nitrogen and oxygen atoms in total. The number of likely N-dealkylation sites (tertiary alicyclic amines) is 1. The van der Waals surface area contributed by atoms with E-state index in [1.54, 1.807) is 0 Å². The van der Waals surface area contributed by atoms with Gasteiger partial charge < -0.3 is 10.0 Å². The zero-order valence-corrected chi connectivity index (χ0v) is 12.0. The smallest absolute Gasteiger partial charge is 0.326 e. The van der Waals surface area contributed by atoms with Crippen LogP contribution in [0.4, 0.5) is 0 Å². The summed E-state index contributed by atoms with van der Waals surface area (Å²) in [6, 6.07) is 6.93. The SMILES string of the molecule is O=C(O)[C@@H]1CCCN1C(=O)CCCc1ccc(Cl)cc1. The maximum atomic E-state index is 12.0. The van der Waals surface area contributed by atoms with Crippen molar-refractivity contribution in [2.24, 2.45) is 0 Å². The number of benzene rings is 1. The van der Waals surface area contributed by atoms with Crippen LogP contribution in [0.25, 0.3) is 0 Å². The second kappa shape index (κ2) is 6.75. The molecule has 1 amide bonds. The van der Waals surface area contributed by atoms with Crippen LogP contribution < -0.4 is 0 Å². The fourth-order valence-electron chi connectivity index (χ4n) is 2.56. The summed E-state index contributed by atoms with van der Waals surface area (Å²) >= 11 is 5.81. The molecule has 1 aliphatic rings. The van der Waals surface area contributed by atoms with Crippen LogP contribution in [-0.4, -0.2) is 34.5 Å². The van der Waals surface area contributed by atoms with Crippen LogP contribution in [0, 0.1) is 0 Å². The first-order valence-electron chi connectivity index (χ1n) is 6.84. The van der Waals surface area contributed by atoms with Gasteiger partial charge in [0.25, 0.3) is 0 Å². The summed E-state index contributed by atoms with van der Waals surface area (Å²) in [5, 5.41) is 9.76. The quantitative estimate of drug-likeness (QED) is 0.908. The van der Waals surface area contributed by atoms with Crippen molar-refractivity contribution < 1.29 is 14.7 Å². The van der Waals surface area contributed by atoms with Crippen molar-refractivity contribution in [3.8, 4) is 0 Å². The van der Waals surface area contributed by atoms with Crippen LogP contribution in [0.15, 0.2) is 24.3 Å². The zero-order valence-electron chi connectivity index (χ0n) is 11.2. The van der Waals surface area contributed by atoms with Crippen LogP contribution in [0.2, 0.25) is 5.02 Å². The number of rotatable bonds is 5. The lowest BCUT2D eigenvalue weighted by molar-refractivity contribution is -0.148. The van der Waals surface area contributed by atoms with Crippen molar-refractivity contribution in [3.63, 3.8) is 0 Å². The predicted molar refractivity (Wildman–Crippen MR) is 76.8 cm³/mol. The van der Waals surface area contributed by atoms with E-state index < -0.39 is 12.0 Å². The number of carbonyl (C=O) groups excluding carboxylic acids is 1. The Bertz CT molecular complexity index is 486. The van der Waals surface area contributed by atoms with Crippen molar-refractivity contribution in [1.82, 2.24) is 4.90 Å². The van der Waals surface area contributed by atoms with Crippen LogP contribution in [0.1, 0.15) is 31.2 Å². The van der Waals surface area contributed by atoms with E-state index in [2.05, 4.69) is 0 Å². The number of carboxylic acids is 1. The molecule has 0 spiro atoms. The van der Waals surface area contributed by atoms with Crippen molar-refractivity contribution in [3.05, 3.63) is 34.9 Å². The molecule has 0 saturated carbocycles. The van der Waals surface area contributed by atoms with E-state index in [1.165, 1.54) is 4.90 Å². The maximum Gasteiger partial charge on any atom is 0.326 e. The number of aryl methyl sites for hydroxylation is 1. The molecule has 0 aromatic heterocycles. The van der Waals surface area contributed by atoms with Gasteiger partial charge in [0, 0.05) is 18.0 Å². The molecular formula is C15H18ClNO3. The van der Waals surface area contributed by atoms with Crippen molar-refractivity contribution >= 4 is 23.5 Å². The monoisotopic (exact) mass is 295 g/mol. The Morgan fingerprint density at radius 2 is 2.00 bits per heavy atom. The fraction of sp³-hybridized carbons (Fsp3) is 0.467. The molecule has 20 heavy (non-hydrogen) atoms. The third-order valence-electron chi connectivity index (χ3n) is 3.63. The van der Waals surface area contributed by atoms with Gasteiger partial charge in [-0.25, -0.2) is 4.79 Å². The molecule has 0 radical (unpaired) electrons. The van der Waals surface area contributed by atoms with Crippen LogP contribution in [0.3, 0.4) is 0 Å². The average molecular weight is 296 g/mol. The van der Waals surface area contributed by atoms with Gasteiger partial charge in [0.15, 0.2) is 0 Å². The molecule has 5 heteroatoms. The minimum atomic E-state index is -0.895. The Hall–Kier alpha value is -1.55. The minimum Gasteiger partial charge on any atom is -0.480 e. The third kappa shape index (κ3) is 3.73. The molecule has 1 saturated heterocycles. The van der Waals surface area contributed by atoms with Crippen LogP contribution in [0.5, 0.6) is 0 Å². The predicted octanol–water partition coefficient (Wildman–Crippen LogP) is 2.74. The molecule has 1 heterocycles. The summed E-state index contributed by atoms with van der Waals surface area (Å²) in [6.07, 6.45) is 3.27. The molecule has 2 rings (SSSR count). The van der Waals surface area contributed by atoms with Gasteiger partial charge >= 0.3 is 5.97 Å². The summed E-state index contributed by atoms with van der Waals surface area (Å²) in [7, 11) is 0. The topological polar surface area (TPSA) is 57.6 Å². The first-order valence-corrected chi connectivity index (χ1v) is 7.22. The average Bonchev–Trinajstić information content (AvgIpc) is 2.90. The lowest BCUT2D eigenvalue weighted by atomic mass is 10.1. The minimum absolute atomic E-state index is 0.0520.